The number of amides is 1. The summed E-state index contributed by atoms with van der Waals surface area (Å²) in [7, 11) is 0. The number of likely N-dealkylation sites (tertiary alicyclic amines) is 1. The third-order valence-electron chi connectivity index (χ3n) is 3.48. The SMILES string of the molecule is CC1CCCN(C(=O)COc2cc(F)ccc2[N+](=O)[O-])C1. The molecule has 6 nitrogen and oxygen atoms in total. The molecule has 1 saturated heterocycles. The summed E-state index contributed by atoms with van der Waals surface area (Å²) in [6.45, 7) is 3.07. The molecule has 1 aliphatic rings. The van der Waals surface area contributed by atoms with Gasteiger partial charge in [0.1, 0.15) is 5.82 Å². The van der Waals surface area contributed by atoms with E-state index in [4.69, 9.17) is 4.74 Å². The first-order valence-corrected chi connectivity index (χ1v) is 6.82. The van der Waals surface area contributed by atoms with Gasteiger partial charge in [-0.05, 0) is 24.8 Å². The van der Waals surface area contributed by atoms with E-state index in [9.17, 15) is 19.3 Å². The molecule has 1 aromatic carbocycles. The van der Waals surface area contributed by atoms with Gasteiger partial charge in [-0.3, -0.25) is 14.9 Å². The Morgan fingerprint density at radius 1 is 1.57 bits per heavy atom. The number of ether oxygens (including phenoxy) is 1. The summed E-state index contributed by atoms with van der Waals surface area (Å²) >= 11 is 0. The van der Waals surface area contributed by atoms with Gasteiger partial charge in [-0.1, -0.05) is 6.92 Å². The van der Waals surface area contributed by atoms with Gasteiger partial charge in [0, 0.05) is 25.2 Å². The number of rotatable bonds is 4. The van der Waals surface area contributed by atoms with Gasteiger partial charge >= 0.3 is 5.69 Å². The molecular formula is C14H17FN2O4. The van der Waals surface area contributed by atoms with Crippen LogP contribution in [0.3, 0.4) is 0 Å². The molecule has 21 heavy (non-hydrogen) atoms. The van der Waals surface area contributed by atoms with Gasteiger partial charge in [-0.2, -0.15) is 0 Å². The summed E-state index contributed by atoms with van der Waals surface area (Å²) in [5, 5.41) is 10.8. The van der Waals surface area contributed by atoms with E-state index in [0.29, 0.717) is 19.0 Å². The average Bonchev–Trinajstić information content (AvgIpc) is 2.44. The lowest BCUT2D eigenvalue weighted by atomic mass is 10.0. The molecule has 0 bridgehead atoms. The van der Waals surface area contributed by atoms with E-state index in [1.807, 2.05) is 0 Å². The van der Waals surface area contributed by atoms with E-state index in [-0.39, 0.29) is 24.0 Å². The van der Waals surface area contributed by atoms with Gasteiger partial charge in [0.15, 0.2) is 6.61 Å². The molecule has 1 fully saturated rings. The molecule has 1 aliphatic heterocycles. The van der Waals surface area contributed by atoms with Crippen molar-refractivity contribution < 1.29 is 18.8 Å². The molecule has 114 valence electrons. The minimum Gasteiger partial charge on any atom is -0.477 e. The molecule has 0 aliphatic carbocycles. The van der Waals surface area contributed by atoms with Crippen LogP contribution in [0.5, 0.6) is 5.75 Å². The summed E-state index contributed by atoms with van der Waals surface area (Å²) in [5.41, 5.74) is -0.351. The van der Waals surface area contributed by atoms with Gasteiger partial charge in [0.2, 0.25) is 5.75 Å². The maximum atomic E-state index is 13.1. The Morgan fingerprint density at radius 3 is 3.00 bits per heavy atom. The number of nitrogens with zero attached hydrogens (tertiary/aromatic N) is 2. The van der Waals surface area contributed by atoms with Crippen LogP contribution in [0.1, 0.15) is 19.8 Å². The predicted molar refractivity (Wildman–Crippen MR) is 73.5 cm³/mol. The summed E-state index contributed by atoms with van der Waals surface area (Å²) in [6, 6.07) is 2.93. The Bertz CT molecular complexity index is 550. The normalized spacial score (nSPS) is 18.4. The predicted octanol–water partition coefficient (Wildman–Crippen LogP) is 2.37. The standard InChI is InChI=1S/C14H17FN2O4/c1-10-3-2-6-16(8-10)14(18)9-21-13-7-11(15)4-5-12(13)17(19)20/h4-5,7,10H,2-3,6,8-9H2,1H3. The van der Waals surface area contributed by atoms with Crippen molar-refractivity contribution >= 4 is 11.6 Å². The number of nitro groups is 1. The van der Waals surface area contributed by atoms with Gasteiger partial charge < -0.3 is 9.64 Å². The fourth-order valence-corrected chi connectivity index (χ4v) is 2.40. The molecule has 0 spiro atoms. The topological polar surface area (TPSA) is 72.7 Å². The summed E-state index contributed by atoms with van der Waals surface area (Å²) < 4.78 is 18.3. The van der Waals surface area contributed by atoms with E-state index in [2.05, 4.69) is 6.92 Å². The lowest BCUT2D eigenvalue weighted by Gasteiger charge is -2.30. The van der Waals surface area contributed by atoms with Crippen LogP contribution in [0.15, 0.2) is 18.2 Å². The van der Waals surface area contributed by atoms with Crippen LogP contribution in [0.4, 0.5) is 10.1 Å². The highest BCUT2D eigenvalue weighted by molar-refractivity contribution is 5.78. The average molecular weight is 296 g/mol. The quantitative estimate of drug-likeness (QED) is 0.631. The van der Waals surface area contributed by atoms with Gasteiger partial charge in [0.05, 0.1) is 4.92 Å². The summed E-state index contributed by atoms with van der Waals surface area (Å²) in [4.78, 5) is 23.9. The van der Waals surface area contributed by atoms with E-state index in [1.54, 1.807) is 4.90 Å². The largest absolute Gasteiger partial charge is 0.477 e. The van der Waals surface area contributed by atoms with Crippen molar-refractivity contribution in [3.05, 3.63) is 34.1 Å². The van der Waals surface area contributed by atoms with Crippen molar-refractivity contribution in [3.8, 4) is 5.75 Å². The zero-order chi connectivity index (χ0) is 15.4. The third kappa shape index (κ3) is 3.90. The first-order valence-electron chi connectivity index (χ1n) is 6.82. The number of benzene rings is 1. The lowest BCUT2D eigenvalue weighted by molar-refractivity contribution is -0.385. The second kappa shape index (κ2) is 6.51. The molecular weight excluding hydrogens is 279 g/mol. The van der Waals surface area contributed by atoms with E-state index < -0.39 is 10.7 Å². The third-order valence-corrected chi connectivity index (χ3v) is 3.48. The first-order chi connectivity index (χ1) is 9.97. The summed E-state index contributed by atoms with van der Waals surface area (Å²) in [5.74, 6) is -0.667. The number of halogens is 1. The smallest absolute Gasteiger partial charge is 0.311 e. The van der Waals surface area contributed by atoms with Crippen LogP contribution in [0.2, 0.25) is 0 Å². The Kier molecular flexibility index (Phi) is 4.72. The van der Waals surface area contributed by atoms with E-state index >= 15 is 0 Å². The molecule has 0 N–H and O–H groups in total. The maximum Gasteiger partial charge on any atom is 0.311 e. The van der Waals surface area contributed by atoms with Crippen molar-refractivity contribution in [2.75, 3.05) is 19.7 Å². The van der Waals surface area contributed by atoms with Crippen LogP contribution in [-0.4, -0.2) is 35.4 Å². The molecule has 0 saturated carbocycles. The minimum absolute atomic E-state index is 0.224. The maximum absolute atomic E-state index is 13.1. The molecule has 7 heteroatoms. The molecule has 0 radical (unpaired) electrons. The van der Waals surface area contributed by atoms with Crippen molar-refractivity contribution in [1.29, 1.82) is 0 Å². The van der Waals surface area contributed by atoms with Crippen molar-refractivity contribution in [1.82, 2.24) is 4.90 Å². The minimum atomic E-state index is -0.664. The van der Waals surface area contributed by atoms with Gasteiger partial charge in [-0.15, -0.1) is 0 Å². The molecule has 1 atom stereocenters. The zero-order valence-electron chi connectivity index (χ0n) is 11.8. The number of carbonyl (C=O) groups excluding carboxylic acids is 1. The van der Waals surface area contributed by atoms with Crippen LogP contribution in [0.25, 0.3) is 0 Å². The molecule has 1 heterocycles. The Morgan fingerprint density at radius 2 is 2.33 bits per heavy atom. The Labute approximate surface area is 121 Å². The molecule has 1 amide bonds. The highest BCUT2D eigenvalue weighted by Crippen LogP contribution is 2.27. The van der Waals surface area contributed by atoms with Crippen LogP contribution >= 0.6 is 0 Å². The monoisotopic (exact) mass is 296 g/mol. The summed E-state index contributed by atoms with van der Waals surface area (Å²) in [6.07, 6.45) is 2.02. The number of piperidine rings is 1. The highest BCUT2D eigenvalue weighted by atomic mass is 19.1. The second-order valence-electron chi connectivity index (χ2n) is 5.24. The van der Waals surface area contributed by atoms with Gasteiger partial charge in [-0.25, -0.2) is 4.39 Å². The van der Waals surface area contributed by atoms with Crippen molar-refractivity contribution in [3.63, 3.8) is 0 Å². The lowest BCUT2D eigenvalue weighted by Crippen LogP contribution is -2.41. The van der Waals surface area contributed by atoms with E-state index in [1.165, 1.54) is 0 Å². The first kappa shape index (κ1) is 15.2. The second-order valence-corrected chi connectivity index (χ2v) is 5.24. The number of carbonyl (C=O) groups is 1. The van der Waals surface area contributed by atoms with Crippen molar-refractivity contribution in [2.24, 2.45) is 5.92 Å². The van der Waals surface area contributed by atoms with Crippen LogP contribution < -0.4 is 4.74 Å². The Hall–Kier alpha value is -2.18. The fourth-order valence-electron chi connectivity index (χ4n) is 2.40. The Balaban J connectivity index is 2.00. The van der Waals surface area contributed by atoms with E-state index in [0.717, 1.165) is 31.0 Å². The molecule has 1 aromatic rings. The van der Waals surface area contributed by atoms with Crippen molar-refractivity contribution in [2.45, 2.75) is 19.8 Å². The van der Waals surface area contributed by atoms with Gasteiger partial charge in [0.25, 0.3) is 5.91 Å². The molecule has 1 unspecified atom stereocenters. The number of nitro benzene ring substituents is 1. The number of hydrogen-bond acceptors (Lipinski definition) is 4. The molecule has 2 rings (SSSR count). The fraction of sp³-hybridized carbons (Fsp3) is 0.500. The van der Waals surface area contributed by atoms with Crippen LogP contribution in [0, 0.1) is 21.8 Å². The molecule has 0 aromatic heterocycles. The number of hydrogen-bond donors (Lipinski definition) is 0. The van der Waals surface area contributed by atoms with Crippen LogP contribution in [-0.2, 0) is 4.79 Å². The highest BCUT2D eigenvalue weighted by Gasteiger charge is 2.23. The zero-order valence-corrected chi connectivity index (χ0v) is 11.8.